The lowest BCUT2D eigenvalue weighted by molar-refractivity contribution is -0.152. The summed E-state index contributed by atoms with van der Waals surface area (Å²) in [4.78, 5) is 52.2. The Balaban J connectivity index is 1.53. The highest BCUT2D eigenvalue weighted by molar-refractivity contribution is 6.15. The fourth-order valence-electron chi connectivity index (χ4n) is 5.29. The minimum atomic E-state index is -0.944. The molecule has 166 valence electrons. The smallest absolute Gasteiger partial charge is 0.329 e. The third-order valence-corrected chi connectivity index (χ3v) is 6.75. The maximum atomic E-state index is 13.3. The van der Waals surface area contributed by atoms with Crippen molar-refractivity contribution >= 4 is 35.1 Å². The average Bonchev–Trinajstić information content (AvgIpc) is 3.44. The van der Waals surface area contributed by atoms with Gasteiger partial charge in [0.15, 0.2) is 6.61 Å². The molecule has 0 aromatic heterocycles. The summed E-state index contributed by atoms with van der Waals surface area (Å²) in [5.74, 6) is -1.48. The van der Waals surface area contributed by atoms with Gasteiger partial charge in [0.1, 0.15) is 11.6 Å². The Bertz CT molecular complexity index is 887. The minimum Gasteiger partial charge on any atom is -0.454 e. The molecule has 3 aliphatic rings. The second kappa shape index (κ2) is 8.69. The van der Waals surface area contributed by atoms with Crippen molar-refractivity contribution in [1.82, 2.24) is 5.32 Å². The molecule has 1 aromatic rings. The van der Waals surface area contributed by atoms with Crippen LogP contribution in [-0.2, 0) is 23.9 Å². The molecular weight excluding hydrogens is 398 g/mol. The van der Waals surface area contributed by atoms with E-state index in [1.807, 2.05) is 6.07 Å². The van der Waals surface area contributed by atoms with Crippen molar-refractivity contribution in [2.45, 2.75) is 69.9 Å². The van der Waals surface area contributed by atoms with Crippen molar-refractivity contribution in [2.75, 3.05) is 16.8 Å². The van der Waals surface area contributed by atoms with Crippen molar-refractivity contribution in [3.63, 3.8) is 0 Å². The molecule has 1 aromatic carbocycles. The predicted molar refractivity (Wildman–Crippen MR) is 114 cm³/mol. The van der Waals surface area contributed by atoms with Crippen molar-refractivity contribution in [3.05, 3.63) is 24.3 Å². The van der Waals surface area contributed by atoms with E-state index in [1.165, 1.54) is 11.8 Å². The lowest BCUT2D eigenvalue weighted by Gasteiger charge is -2.44. The Hall–Kier alpha value is -2.90. The molecule has 1 atom stereocenters. The van der Waals surface area contributed by atoms with E-state index < -0.39 is 30.1 Å². The Morgan fingerprint density at radius 2 is 1.84 bits per heavy atom. The van der Waals surface area contributed by atoms with Gasteiger partial charge < -0.3 is 15.4 Å². The molecule has 3 amide bonds. The molecule has 8 nitrogen and oxygen atoms in total. The van der Waals surface area contributed by atoms with Gasteiger partial charge in [-0.1, -0.05) is 37.8 Å². The molecule has 2 saturated carbocycles. The number of nitrogens with zero attached hydrogens (tertiary/aromatic N) is 1. The third-order valence-electron chi connectivity index (χ3n) is 6.75. The second-order valence-corrected chi connectivity index (χ2v) is 8.77. The molecule has 1 heterocycles. The average molecular weight is 428 g/mol. The highest BCUT2D eigenvalue weighted by Crippen LogP contribution is 2.45. The topological polar surface area (TPSA) is 105 Å². The number of carbonyl (C=O) groups excluding carboxylic acids is 4. The van der Waals surface area contributed by atoms with Gasteiger partial charge in [0, 0.05) is 6.92 Å². The number of benzene rings is 1. The van der Waals surface area contributed by atoms with Crippen LogP contribution in [0.3, 0.4) is 0 Å². The SMILES string of the molecule is CC(=O)NC(C(=O)OCC(=O)N1c2ccccc2NC(=O)C12CCCC2)C1CCCC1. The van der Waals surface area contributed by atoms with Crippen LogP contribution in [0.1, 0.15) is 58.3 Å². The first-order valence-corrected chi connectivity index (χ1v) is 11.1. The molecule has 1 spiro atoms. The Morgan fingerprint density at radius 1 is 1.16 bits per heavy atom. The van der Waals surface area contributed by atoms with Crippen molar-refractivity contribution in [1.29, 1.82) is 0 Å². The van der Waals surface area contributed by atoms with Crippen LogP contribution in [0.2, 0.25) is 0 Å². The maximum Gasteiger partial charge on any atom is 0.329 e. The number of amides is 3. The van der Waals surface area contributed by atoms with Crippen LogP contribution >= 0.6 is 0 Å². The Morgan fingerprint density at radius 3 is 2.52 bits per heavy atom. The molecule has 1 unspecified atom stereocenters. The van der Waals surface area contributed by atoms with Gasteiger partial charge in [-0.25, -0.2) is 4.79 Å². The zero-order valence-electron chi connectivity index (χ0n) is 17.8. The summed E-state index contributed by atoms with van der Waals surface area (Å²) in [5.41, 5.74) is 0.256. The molecule has 0 bridgehead atoms. The maximum absolute atomic E-state index is 13.3. The normalized spacial score (nSPS) is 20.8. The van der Waals surface area contributed by atoms with Crippen LogP contribution in [0.5, 0.6) is 0 Å². The molecule has 8 heteroatoms. The zero-order valence-corrected chi connectivity index (χ0v) is 17.8. The van der Waals surface area contributed by atoms with E-state index in [2.05, 4.69) is 10.6 Å². The monoisotopic (exact) mass is 427 g/mol. The van der Waals surface area contributed by atoms with Crippen LogP contribution in [0.15, 0.2) is 24.3 Å². The molecule has 2 N–H and O–H groups in total. The van der Waals surface area contributed by atoms with E-state index in [9.17, 15) is 19.2 Å². The highest BCUT2D eigenvalue weighted by Gasteiger charge is 2.52. The summed E-state index contributed by atoms with van der Waals surface area (Å²) < 4.78 is 5.41. The van der Waals surface area contributed by atoms with Crippen LogP contribution in [0, 0.1) is 5.92 Å². The molecular formula is C23H29N3O5. The van der Waals surface area contributed by atoms with Gasteiger partial charge in [0.05, 0.1) is 11.4 Å². The fraction of sp³-hybridized carbons (Fsp3) is 0.565. The van der Waals surface area contributed by atoms with E-state index in [-0.39, 0.29) is 17.7 Å². The van der Waals surface area contributed by atoms with Gasteiger partial charge in [0.2, 0.25) is 5.91 Å². The largest absolute Gasteiger partial charge is 0.454 e. The molecule has 1 aliphatic heterocycles. The number of para-hydroxylation sites is 2. The van der Waals surface area contributed by atoms with E-state index in [0.29, 0.717) is 24.2 Å². The number of rotatable bonds is 5. The van der Waals surface area contributed by atoms with Crippen molar-refractivity contribution < 1.29 is 23.9 Å². The molecule has 4 rings (SSSR count). The van der Waals surface area contributed by atoms with Crippen molar-refractivity contribution in [3.8, 4) is 0 Å². The first-order valence-electron chi connectivity index (χ1n) is 11.1. The highest BCUT2D eigenvalue weighted by atomic mass is 16.5. The van der Waals surface area contributed by atoms with Gasteiger partial charge in [-0.3, -0.25) is 19.3 Å². The zero-order chi connectivity index (χ0) is 22.0. The van der Waals surface area contributed by atoms with Crippen LogP contribution in [0.25, 0.3) is 0 Å². The van der Waals surface area contributed by atoms with Crippen LogP contribution in [0.4, 0.5) is 11.4 Å². The van der Waals surface area contributed by atoms with Crippen LogP contribution < -0.4 is 15.5 Å². The number of anilines is 2. The van der Waals surface area contributed by atoms with E-state index in [4.69, 9.17) is 4.74 Å². The first-order chi connectivity index (χ1) is 14.9. The Labute approximate surface area is 181 Å². The lowest BCUT2D eigenvalue weighted by atomic mass is 9.90. The molecule has 31 heavy (non-hydrogen) atoms. The standard InChI is InChI=1S/C23H29N3O5/c1-15(27)24-20(16-8-2-3-9-16)21(29)31-14-19(28)26-18-11-5-4-10-17(18)25-22(30)23(26)12-6-7-13-23/h4-5,10-11,16,20H,2-3,6-9,12-14H2,1H3,(H,24,27)(H,25,30). The summed E-state index contributed by atoms with van der Waals surface area (Å²) in [5, 5.41) is 5.62. The molecule has 0 radical (unpaired) electrons. The molecule has 2 aliphatic carbocycles. The fourth-order valence-corrected chi connectivity index (χ4v) is 5.29. The lowest BCUT2D eigenvalue weighted by Crippen LogP contribution is -2.61. The van der Waals surface area contributed by atoms with Gasteiger partial charge in [-0.15, -0.1) is 0 Å². The third kappa shape index (κ3) is 4.03. The summed E-state index contributed by atoms with van der Waals surface area (Å²) in [7, 11) is 0. The van der Waals surface area contributed by atoms with Crippen molar-refractivity contribution in [2.24, 2.45) is 5.92 Å². The minimum absolute atomic E-state index is 0.0224. The number of fused-ring (bicyclic) bond motifs is 1. The van der Waals surface area contributed by atoms with Crippen LogP contribution in [-0.4, -0.2) is 41.9 Å². The number of nitrogens with one attached hydrogen (secondary N) is 2. The number of ether oxygens (including phenoxy) is 1. The molecule has 0 saturated heterocycles. The summed E-state index contributed by atoms with van der Waals surface area (Å²) >= 11 is 0. The number of esters is 1. The van der Waals surface area contributed by atoms with E-state index in [0.717, 1.165) is 38.5 Å². The number of carbonyl (C=O) groups is 4. The van der Waals surface area contributed by atoms with E-state index >= 15 is 0 Å². The van der Waals surface area contributed by atoms with Gasteiger partial charge >= 0.3 is 5.97 Å². The van der Waals surface area contributed by atoms with Gasteiger partial charge in [-0.2, -0.15) is 0 Å². The van der Waals surface area contributed by atoms with E-state index in [1.54, 1.807) is 18.2 Å². The molecule has 2 fully saturated rings. The second-order valence-electron chi connectivity index (χ2n) is 8.77. The summed E-state index contributed by atoms with van der Waals surface area (Å²) in [6.07, 6.45) is 6.56. The quantitative estimate of drug-likeness (QED) is 0.703. The van der Waals surface area contributed by atoms with Gasteiger partial charge in [-0.05, 0) is 43.7 Å². The summed E-state index contributed by atoms with van der Waals surface area (Å²) in [6.45, 7) is 0.901. The first kappa shape index (κ1) is 21.3. The number of hydrogen-bond donors (Lipinski definition) is 2. The predicted octanol–water partition coefficient (Wildman–Crippen LogP) is 2.52. The Kier molecular flexibility index (Phi) is 5.98. The number of hydrogen-bond acceptors (Lipinski definition) is 5. The summed E-state index contributed by atoms with van der Waals surface area (Å²) in [6, 6.07) is 6.43. The van der Waals surface area contributed by atoms with Gasteiger partial charge in [0.25, 0.3) is 11.8 Å².